The lowest BCUT2D eigenvalue weighted by Crippen LogP contribution is -2.35. The Morgan fingerprint density at radius 2 is 1.73 bits per heavy atom. The summed E-state index contributed by atoms with van der Waals surface area (Å²) in [5.74, 6) is -1.68. The lowest BCUT2D eigenvalue weighted by atomic mass is 9.94. The van der Waals surface area contributed by atoms with Crippen LogP contribution in [-0.2, 0) is 9.59 Å². The summed E-state index contributed by atoms with van der Waals surface area (Å²) >= 11 is 12.4. The second kappa shape index (κ2) is 9.91. The van der Waals surface area contributed by atoms with Crippen molar-refractivity contribution in [3.63, 3.8) is 0 Å². The Hall–Kier alpha value is -2.94. The number of aliphatic hydroxyl groups is 1. The molecule has 1 aliphatic rings. The Kier molecular flexibility index (Phi) is 7.41. The van der Waals surface area contributed by atoms with Gasteiger partial charge in [0, 0.05) is 19.2 Å². The highest BCUT2D eigenvalue weighted by Gasteiger charge is 2.46. The highest BCUT2D eigenvalue weighted by atomic mass is 35.5. The first-order chi connectivity index (χ1) is 15.6. The molecule has 8 nitrogen and oxygen atoms in total. The van der Waals surface area contributed by atoms with Crippen molar-refractivity contribution in [2.45, 2.75) is 6.04 Å². The van der Waals surface area contributed by atoms with Crippen LogP contribution in [0.3, 0.4) is 0 Å². The van der Waals surface area contributed by atoms with Gasteiger partial charge in [-0.1, -0.05) is 29.3 Å². The lowest BCUT2D eigenvalue weighted by Gasteiger charge is -2.27. The van der Waals surface area contributed by atoms with Gasteiger partial charge in [-0.2, -0.15) is 0 Å². The van der Waals surface area contributed by atoms with Gasteiger partial charge >= 0.3 is 0 Å². The molecule has 1 unspecified atom stereocenters. The fourth-order valence-electron chi connectivity index (χ4n) is 3.65. The van der Waals surface area contributed by atoms with E-state index in [1.54, 1.807) is 6.07 Å². The number of aliphatic hydroxyl groups excluding tert-OH is 1. The predicted molar refractivity (Wildman–Crippen MR) is 125 cm³/mol. The number of methoxy groups -OCH3 is 2. The minimum atomic E-state index is -0.936. The molecule has 0 aromatic heterocycles. The zero-order valence-corrected chi connectivity index (χ0v) is 20.1. The third kappa shape index (κ3) is 4.73. The Morgan fingerprint density at radius 3 is 2.30 bits per heavy atom. The van der Waals surface area contributed by atoms with Crippen LogP contribution in [0.25, 0.3) is 5.76 Å². The molecule has 2 aromatic rings. The Balaban J connectivity index is 2.25. The standard InChI is InChI=1S/C23H24Cl2N2O6/c1-26(2)7-8-27-20(12-5-6-16(28)14(24)9-12)19(22(30)23(27)31)21(29)13-10-15(25)18(33-4)11-17(13)32-3/h5-6,9-11,20,28-29H,7-8H2,1-4H3/b21-19+. The van der Waals surface area contributed by atoms with E-state index in [0.717, 1.165) is 0 Å². The fourth-order valence-corrected chi connectivity index (χ4v) is 4.08. The van der Waals surface area contributed by atoms with Crippen LogP contribution in [0, 0.1) is 0 Å². The maximum Gasteiger partial charge on any atom is 0.295 e. The highest BCUT2D eigenvalue weighted by Crippen LogP contribution is 2.43. The quantitative estimate of drug-likeness (QED) is 0.343. The molecule has 0 aliphatic carbocycles. The molecular formula is C23H24Cl2N2O6. The van der Waals surface area contributed by atoms with E-state index in [4.69, 9.17) is 32.7 Å². The molecule has 0 saturated carbocycles. The molecule has 1 atom stereocenters. The van der Waals surface area contributed by atoms with E-state index >= 15 is 0 Å². The molecule has 0 bridgehead atoms. The second-order valence-corrected chi connectivity index (χ2v) is 8.51. The molecule has 2 N–H and O–H groups in total. The van der Waals surface area contributed by atoms with Gasteiger partial charge in [0.25, 0.3) is 11.7 Å². The van der Waals surface area contributed by atoms with Gasteiger partial charge in [-0.05, 0) is 37.9 Å². The number of ether oxygens (including phenoxy) is 2. The normalized spacial score (nSPS) is 17.7. The molecule has 1 heterocycles. The van der Waals surface area contributed by atoms with Crippen LogP contribution >= 0.6 is 23.2 Å². The first-order valence-corrected chi connectivity index (χ1v) is 10.7. The number of amides is 1. The first kappa shape index (κ1) is 24.7. The second-order valence-electron chi connectivity index (χ2n) is 7.69. The van der Waals surface area contributed by atoms with E-state index in [1.165, 1.54) is 43.4 Å². The third-order valence-electron chi connectivity index (χ3n) is 5.34. The molecule has 33 heavy (non-hydrogen) atoms. The molecule has 3 rings (SSSR count). The SMILES string of the molecule is COc1cc(OC)c(/C(O)=C2\C(=O)C(=O)N(CCN(C)C)C2c2ccc(O)c(Cl)c2)cc1Cl. The monoisotopic (exact) mass is 494 g/mol. The van der Waals surface area contributed by atoms with Crippen molar-refractivity contribution in [2.75, 3.05) is 41.4 Å². The molecule has 10 heteroatoms. The van der Waals surface area contributed by atoms with E-state index in [9.17, 15) is 19.8 Å². The summed E-state index contributed by atoms with van der Waals surface area (Å²) in [4.78, 5) is 29.3. The number of hydrogen-bond acceptors (Lipinski definition) is 7. The van der Waals surface area contributed by atoms with Crippen LogP contribution in [0.1, 0.15) is 17.2 Å². The number of carbonyl (C=O) groups is 2. The highest BCUT2D eigenvalue weighted by molar-refractivity contribution is 6.46. The third-order valence-corrected chi connectivity index (χ3v) is 5.94. The summed E-state index contributed by atoms with van der Waals surface area (Å²) in [6, 6.07) is 6.32. The summed E-state index contributed by atoms with van der Waals surface area (Å²) in [5.41, 5.74) is 0.444. The molecule has 1 fully saturated rings. The van der Waals surface area contributed by atoms with Crippen LogP contribution in [0.4, 0.5) is 0 Å². The van der Waals surface area contributed by atoms with Crippen molar-refractivity contribution in [1.29, 1.82) is 0 Å². The number of hydrogen-bond donors (Lipinski definition) is 2. The summed E-state index contributed by atoms with van der Waals surface area (Å²) in [7, 11) is 6.51. The van der Waals surface area contributed by atoms with Crippen LogP contribution in [-0.4, -0.2) is 73.1 Å². The molecular weight excluding hydrogens is 471 g/mol. The molecule has 1 amide bonds. The number of halogens is 2. The van der Waals surface area contributed by atoms with E-state index in [0.29, 0.717) is 17.9 Å². The lowest BCUT2D eigenvalue weighted by molar-refractivity contribution is -0.140. The largest absolute Gasteiger partial charge is 0.507 e. The van der Waals surface area contributed by atoms with Gasteiger partial charge in [0.1, 0.15) is 23.0 Å². The van der Waals surface area contributed by atoms with Gasteiger partial charge in [-0.15, -0.1) is 0 Å². The number of Topliss-reactive ketones (excluding diaryl/α,β-unsaturated/α-hetero) is 1. The van der Waals surface area contributed by atoms with Crippen molar-refractivity contribution in [1.82, 2.24) is 9.80 Å². The van der Waals surface area contributed by atoms with Gasteiger partial charge in [-0.3, -0.25) is 9.59 Å². The van der Waals surface area contributed by atoms with Crippen molar-refractivity contribution in [2.24, 2.45) is 0 Å². The van der Waals surface area contributed by atoms with Gasteiger partial charge < -0.3 is 29.5 Å². The predicted octanol–water partition coefficient (Wildman–Crippen LogP) is 3.70. The topological polar surface area (TPSA) is 99.5 Å². The minimum Gasteiger partial charge on any atom is -0.507 e. The molecule has 2 aromatic carbocycles. The van der Waals surface area contributed by atoms with Crippen molar-refractivity contribution < 1.29 is 29.3 Å². The van der Waals surface area contributed by atoms with Crippen LogP contribution in [0.2, 0.25) is 10.0 Å². The molecule has 0 radical (unpaired) electrons. The van der Waals surface area contributed by atoms with Gasteiger partial charge in [0.15, 0.2) is 0 Å². The summed E-state index contributed by atoms with van der Waals surface area (Å²) in [6.45, 7) is 0.699. The van der Waals surface area contributed by atoms with Crippen LogP contribution in [0.5, 0.6) is 17.2 Å². The van der Waals surface area contributed by atoms with Gasteiger partial charge in [0.2, 0.25) is 0 Å². The zero-order valence-electron chi connectivity index (χ0n) is 18.6. The molecule has 1 saturated heterocycles. The van der Waals surface area contributed by atoms with Crippen molar-refractivity contribution >= 4 is 40.7 Å². The number of phenolic OH excluding ortho intramolecular Hbond substituents is 1. The molecule has 1 aliphatic heterocycles. The number of ketones is 1. The summed E-state index contributed by atoms with van der Waals surface area (Å²) < 4.78 is 10.6. The number of likely N-dealkylation sites (tertiary alicyclic amines) is 1. The Labute approximate surface area is 201 Å². The van der Waals surface area contributed by atoms with E-state index in [-0.39, 0.29) is 39.2 Å². The number of benzene rings is 2. The number of aromatic hydroxyl groups is 1. The number of likely N-dealkylation sites (N-methyl/N-ethyl adjacent to an activating group) is 1. The number of carbonyl (C=O) groups excluding carboxylic acids is 2. The summed E-state index contributed by atoms with van der Waals surface area (Å²) in [6.07, 6.45) is 0. The number of nitrogens with zero attached hydrogens (tertiary/aromatic N) is 2. The maximum atomic E-state index is 13.1. The van der Waals surface area contributed by atoms with Crippen molar-refractivity contribution in [3.05, 3.63) is 57.1 Å². The fraction of sp³-hybridized carbons (Fsp3) is 0.304. The van der Waals surface area contributed by atoms with Crippen molar-refractivity contribution in [3.8, 4) is 17.2 Å². The van der Waals surface area contributed by atoms with Crippen LogP contribution < -0.4 is 9.47 Å². The van der Waals surface area contributed by atoms with Crippen LogP contribution in [0.15, 0.2) is 35.9 Å². The Bertz CT molecular complexity index is 1130. The Morgan fingerprint density at radius 1 is 1.06 bits per heavy atom. The zero-order chi connectivity index (χ0) is 24.4. The molecule has 0 spiro atoms. The van der Waals surface area contributed by atoms with Gasteiger partial charge in [0.05, 0.1) is 41.4 Å². The van der Waals surface area contributed by atoms with E-state index < -0.39 is 23.5 Å². The van der Waals surface area contributed by atoms with Gasteiger partial charge in [-0.25, -0.2) is 0 Å². The average Bonchev–Trinajstić information content (AvgIpc) is 3.03. The van der Waals surface area contributed by atoms with E-state index in [2.05, 4.69) is 0 Å². The summed E-state index contributed by atoms with van der Waals surface area (Å²) in [5, 5.41) is 21.3. The average molecular weight is 495 g/mol. The first-order valence-electron chi connectivity index (χ1n) is 9.94. The maximum absolute atomic E-state index is 13.1. The number of rotatable bonds is 7. The smallest absolute Gasteiger partial charge is 0.295 e. The van der Waals surface area contributed by atoms with E-state index in [1.807, 2.05) is 19.0 Å². The molecule has 176 valence electrons. The number of phenols is 1. The minimum absolute atomic E-state index is 0.0516.